The summed E-state index contributed by atoms with van der Waals surface area (Å²) in [6.07, 6.45) is 6.23. The molecule has 0 aliphatic heterocycles. The van der Waals surface area contributed by atoms with E-state index in [9.17, 15) is 4.79 Å². The Morgan fingerprint density at radius 1 is 1.03 bits per heavy atom. The number of hydrogen-bond donors (Lipinski definition) is 3. The number of nitrogens with zero attached hydrogens (tertiary/aromatic N) is 9. The second-order valence-corrected chi connectivity index (χ2v) is 8.93. The number of nitrogens with one attached hydrogen (secondary N) is 2. The van der Waals surface area contributed by atoms with Crippen molar-refractivity contribution in [2.45, 2.75) is 55.7 Å². The van der Waals surface area contributed by atoms with Crippen LogP contribution in [0.25, 0.3) is 10.3 Å². The molecule has 32 heavy (non-hydrogen) atoms. The highest BCUT2D eigenvalue weighted by Gasteiger charge is 2.18. The maximum Gasteiger partial charge on any atom is 0.228 e. The van der Waals surface area contributed by atoms with E-state index in [-0.39, 0.29) is 5.91 Å². The molecule has 0 fully saturated rings. The average Bonchev–Trinajstić information content (AvgIpc) is 3.54. The lowest BCUT2D eigenvalue weighted by Gasteiger charge is -2.22. The molecule has 2 N–H and O–H groups in total. The molecule has 0 aliphatic carbocycles. The molecule has 0 radical (unpaired) electrons. The molecular formula is C18H23N11OS2. The fraction of sp³-hybridized carbons (Fsp3) is 0.500. The Hall–Kier alpha value is -3.00. The molecule has 1 amide bonds. The van der Waals surface area contributed by atoms with Gasteiger partial charge < -0.3 is 0 Å². The van der Waals surface area contributed by atoms with Gasteiger partial charge in [0.25, 0.3) is 0 Å². The van der Waals surface area contributed by atoms with Crippen molar-refractivity contribution < 1.29 is 4.79 Å². The first-order valence-electron chi connectivity index (χ1n) is 10.4. The minimum absolute atomic E-state index is 0.0633. The van der Waals surface area contributed by atoms with Gasteiger partial charge in [-0.3, -0.25) is 9.69 Å². The second kappa shape index (κ2) is 11.0. The van der Waals surface area contributed by atoms with Crippen LogP contribution in [0, 0.1) is 0 Å². The minimum Gasteiger partial charge on any atom is -0.297 e. The maximum absolute atomic E-state index is 13.1. The first-order chi connectivity index (χ1) is 15.7. The lowest BCUT2D eigenvalue weighted by molar-refractivity contribution is -0.118. The molecule has 0 spiro atoms. The van der Waals surface area contributed by atoms with Crippen LogP contribution in [0.2, 0.25) is 0 Å². The van der Waals surface area contributed by atoms with Crippen molar-refractivity contribution in [2.75, 3.05) is 11.4 Å². The highest BCUT2D eigenvalue weighted by atomic mass is 32.2. The Kier molecular flexibility index (Phi) is 7.66. The van der Waals surface area contributed by atoms with E-state index in [1.807, 2.05) is 12.1 Å². The number of thiol groups is 1. The van der Waals surface area contributed by atoms with E-state index in [1.165, 1.54) is 11.3 Å². The lowest BCUT2D eigenvalue weighted by atomic mass is 10.1. The number of aromatic nitrogens is 10. The highest BCUT2D eigenvalue weighted by Crippen LogP contribution is 2.26. The molecule has 0 saturated carbocycles. The topological polar surface area (TPSA) is 155 Å². The van der Waals surface area contributed by atoms with Crippen LogP contribution < -0.4 is 4.90 Å². The molecule has 0 atom stereocenters. The fourth-order valence-electron chi connectivity index (χ4n) is 3.32. The number of carbonyl (C=O) groups is 1. The Bertz CT molecular complexity index is 1110. The van der Waals surface area contributed by atoms with Gasteiger partial charge in [-0.1, -0.05) is 23.0 Å². The predicted octanol–water partition coefficient (Wildman–Crippen LogP) is 2.17. The number of carbonyl (C=O) groups excluding carboxylic acids is 1. The quantitative estimate of drug-likeness (QED) is 0.207. The zero-order chi connectivity index (χ0) is 22.2. The van der Waals surface area contributed by atoms with Crippen molar-refractivity contribution in [3.05, 3.63) is 23.8 Å². The molecular weight excluding hydrogens is 450 g/mol. The van der Waals surface area contributed by atoms with Gasteiger partial charge in [0, 0.05) is 25.8 Å². The SMILES string of the molecule is O=C(CCCCCc1nnn[nH]1)N(CCCCc1nn[nH]n1)c1ccc2nc(S)sc2n1. The summed E-state index contributed by atoms with van der Waals surface area (Å²) in [5, 5.41) is 27.7. The fourth-order valence-corrected chi connectivity index (χ4v) is 4.36. The van der Waals surface area contributed by atoms with E-state index < -0.39 is 0 Å². The second-order valence-electron chi connectivity index (χ2n) is 7.23. The van der Waals surface area contributed by atoms with E-state index in [2.05, 4.69) is 63.8 Å². The number of pyridine rings is 1. The number of aromatic amines is 2. The first kappa shape index (κ1) is 22.2. The smallest absolute Gasteiger partial charge is 0.228 e. The van der Waals surface area contributed by atoms with E-state index >= 15 is 0 Å². The van der Waals surface area contributed by atoms with Gasteiger partial charge in [-0.25, -0.2) is 15.1 Å². The maximum atomic E-state index is 13.1. The predicted molar refractivity (Wildman–Crippen MR) is 120 cm³/mol. The number of fused-ring (bicyclic) bond motifs is 1. The van der Waals surface area contributed by atoms with Gasteiger partial charge in [-0.05, 0) is 48.2 Å². The van der Waals surface area contributed by atoms with Crippen LogP contribution in [0.4, 0.5) is 5.82 Å². The summed E-state index contributed by atoms with van der Waals surface area (Å²) < 4.78 is 0.657. The molecule has 168 valence electrons. The van der Waals surface area contributed by atoms with Gasteiger partial charge in [0.1, 0.15) is 26.3 Å². The number of H-pyrrole nitrogens is 2. The van der Waals surface area contributed by atoms with Crippen LogP contribution in [0.3, 0.4) is 0 Å². The van der Waals surface area contributed by atoms with E-state index in [4.69, 9.17) is 0 Å². The van der Waals surface area contributed by atoms with Gasteiger partial charge in [0.2, 0.25) is 5.91 Å². The summed E-state index contributed by atoms with van der Waals surface area (Å²) in [6.45, 7) is 0.575. The lowest BCUT2D eigenvalue weighted by Crippen LogP contribution is -2.32. The number of tetrazole rings is 2. The van der Waals surface area contributed by atoms with Crippen LogP contribution >= 0.6 is 24.0 Å². The van der Waals surface area contributed by atoms with Crippen molar-refractivity contribution in [3.63, 3.8) is 0 Å². The van der Waals surface area contributed by atoms with E-state index in [0.717, 1.165) is 54.7 Å². The summed E-state index contributed by atoms with van der Waals surface area (Å²) in [5.41, 5.74) is 0.787. The van der Waals surface area contributed by atoms with E-state index in [0.29, 0.717) is 35.4 Å². The Morgan fingerprint density at radius 2 is 1.94 bits per heavy atom. The number of unbranched alkanes of at least 4 members (excludes halogenated alkanes) is 3. The molecule has 4 aromatic rings. The van der Waals surface area contributed by atoms with Crippen molar-refractivity contribution >= 4 is 46.0 Å². The van der Waals surface area contributed by atoms with Gasteiger partial charge >= 0.3 is 0 Å². The number of thiazole rings is 1. The van der Waals surface area contributed by atoms with Crippen LogP contribution in [0.15, 0.2) is 16.5 Å². The molecule has 4 heterocycles. The summed E-state index contributed by atoms with van der Waals surface area (Å²) in [7, 11) is 0. The van der Waals surface area contributed by atoms with E-state index in [1.54, 1.807) is 4.90 Å². The molecule has 4 rings (SSSR count). The summed E-state index contributed by atoms with van der Waals surface area (Å²) in [5.74, 6) is 2.15. The molecule has 0 saturated heterocycles. The minimum atomic E-state index is 0.0633. The standard InChI is InChI=1S/C18H23N11OS2/c30-16(8-3-1-2-6-13-21-25-26-22-13)29(11-5-4-7-14-23-27-28-24-14)15-10-9-12-17(20-15)32-18(31)19-12/h9-10H,1-8,11H2,(H,19,31)(H,21,22,25,26)(H,23,24,27,28). The average molecular weight is 474 g/mol. The van der Waals surface area contributed by atoms with Gasteiger partial charge in [0.15, 0.2) is 5.82 Å². The van der Waals surface area contributed by atoms with Gasteiger partial charge in [-0.2, -0.15) is 5.21 Å². The Morgan fingerprint density at radius 3 is 2.75 bits per heavy atom. The third-order valence-electron chi connectivity index (χ3n) is 4.92. The van der Waals surface area contributed by atoms with Crippen molar-refractivity contribution in [3.8, 4) is 0 Å². The summed E-state index contributed by atoms with van der Waals surface area (Å²) >= 11 is 5.71. The molecule has 12 nitrogen and oxygen atoms in total. The number of anilines is 1. The molecule has 0 aromatic carbocycles. The number of hydrogen-bond acceptors (Lipinski definition) is 11. The van der Waals surface area contributed by atoms with Crippen LogP contribution in [0.5, 0.6) is 0 Å². The van der Waals surface area contributed by atoms with Crippen molar-refractivity contribution in [1.82, 2.24) is 51.2 Å². The van der Waals surface area contributed by atoms with Crippen LogP contribution in [-0.4, -0.2) is 63.7 Å². The van der Waals surface area contributed by atoms with Crippen molar-refractivity contribution in [1.29, 1.82) is 0 Å². The molecule has 4 aromatic heterocycles. The normalized spacial score (nSPS) is 11.3. The third-order valence-corrected chi connectivity index (χ3v) is 6.06. The first-order valence-corrected chi connectivity index (χ1v) is 11.7. The molecule has 0 bridgehead atoms. The number of aryl methyl sites for hydroxylation is 2. The van der Waals surface area contributed by atoms with Gasteiger partial charge in [0.05, 0.1) is 0 Å². The largest absolute Gasteiger partial charge is 0.297 e. The number of rotatable bonds is 12. The van der Waals surface area contributed by atoms with Crippen LogP contribution in [-0.2, 0) is 17.6 Å². The van der Waals surface area contributed by atoms with Gasteiger partial charge in [-0.15, -0.1) is 27.9 Å². The molecule has 0 unspecified atom stereocenters. The zero-order valence-electron chi connectivity index (χ0n) is 17.3. The monoisotopic (exact) mass is 473 g/mol. The molecule has 0 aliphatic rings. The number of amides is 1. The third kappa shape index (κ3) is 6.03. The molecule has 14 heteroatoms. The highest BCUT2D eigenvalue weighted by molar-refractivity contribution is 7.82. The van der Waals surface area contributed by atoms with Crippen molar-refractivity contribution in [2.24, 2.45) is 0 Å². The Labute approximate surface area is 193 Å². The zero-order valence-corrected chi connectivity index (χ0v) is 19.0. The Balaban J connectivity index is 1.34. The summed E-state index contributed by atoms with van der Waals surface area (Å²) in [6, 6.07) is 3.74. The van der Waals surface area contributed by atoms with Crippen LogP contribution in [0.1, 0.15) is 50.2 Å². The summed E-state index contributed by atoms with van der Waals surface area (Å²) in [4.78, 5) is 24.6.